The van der Waals surface area contributed by atoms with Gasteiger partial charge in [0.15, 0.2) is 0 Å². The van der Waals surface area contributed by atoms with E-state index in [2.05, 4.69) is 24.1 Å². The molecule has 2 heteroatoms. The van der Waals surface area contributed by atoms with E-state index in [4.69, 9.17) is 0 Å². The summed E-state index contributed by atoms with van der Waals surface area (Å²) in [5.74, 6) is 0.903. The van der Waals surface area contributed by atoms with Gasteiger partial charge in [-0.1, -0.05) is 52.4 Å². The van der Waals surface area contributed by atoms with Crippen LogP contribution in [0.3, 0.4) is 0 Å². The zero-order valence-electron chi connectivity index (χ0n) is 14.4. The van der Waals surface area contributed by atoms with Crippen LogP contribution in [0.2, 0.25) is 0 Å². The van der Waals surface area contributed by atoms with Crippen LogP contribution >= 0.6 is 0 Å². The third-order valence-corrected chi connectivity index (χ3v) is 6.69. The van der Waals surface area contributed by atoms with Gasteiger partial charge >= 0.3 is 0 Å². The SMILES string of the molecule is CCC1CNC2(CCCCC2)CN1C1CCCCCC1C. The average molecular weight is 293 g/mol. The summed E-state index contributed by atoms with van der Waals surface area (Å²) in [6, 6.07) is 1.64. The third-order valence-electron chi connectivity index (χ3n) is 6.69. The Labute approximate surface area is 132 Å². The second kappa shape index (κ2) is 7.00. The first-order valence-corrected chi connectivity index (χ1v) is 9.75. The zero-order chi connectivity index (χ0) is 14.7. The molecule has 1 heterocycles. The standard InChI is InChI=1S/C19H36N2/c1-3-17-14-20-19(12-8-5-9-13-19)15-21(17)18-11-7-4-6-10-16(18)2/h16-18,20H,3-15H2,1-2H3. The van der Waals surface area contributed by atoms with Crippen molar-refractivity contribution in [1.82, 2.24) is 10.2 Å². The van der Waals surface area contributed by atoms with E-state index in [-0.39, 0.29) is 0 Å². The average Bonchev–Trinajstić information content (AvgIpc) is 2.72. The van der Waals surface area contributed by atoms with Crippen molar-refractivity contribution in [2.24, 2.45) is 5.92 Å². The molecule has 1 spiro atoms. The Bertz CT molecular complexity index is 322. The molecule has 0 radical (unpaired) electrons. The van der Waals surface area contributed by atoms with Crippen LogP contribution in [-0.2, 0) is 0 Å². The van der Waals surface area contributed by atoms with Gasteiger partial charge in [-0.3, -0.25) is 4.90 Å². The second-order valence-electron chi connectivity index (χ2n) is 8.14. The highest BCUT2D eigenvalue weighted by Crippen LogP contribution is 2.36. The van der Waals surface area contributed by atoms with E-state index in [1.165, 1.54) is 83.7 Å². The highest BCUT2D eigenvalue weighted by atomic mass is 15.3. The van der Waals surface area contributed by atoms with Crippen molar-refractivity contribution in [1.29, 1.82) is 0 Å². The van der Waals surface area contributed by atoms with Crippen molar-refractivity contribution in [2.75, 3.05) is 13.1 Å². The summed E-state index contributed by atoms with van der Waals surface area (Å²) in [7, 11) is 0. The van der Waals surface area contributed by atoms with Gasteiger partial charge in [-0.05, 0) is 38.0 Å². The van der Waals surface area contributed by atoms with E-state index in [0.717, 1.165) is 18.0 Å². The van der Waals surface area contributed by atoms with Crippen LogP contribution in [0.5, 0.6) is 0 Å². The second-order valence-corrected chi connectivity index (χ2v) is 8.14. The van der Waals surface area contributed by atoms with Crippen LogP contribution in [-0.4, -0.2) is 35.6 Å². The van der Waals surface area contributed by atoms with Crippen LogP contribution < -0.4 is 5.32 Å². The molecular formula is C19H36N2. The molecule has 122 valence electrons. The molecule has 2 nitrogen and oxygen atoms in total. The molecule has 3 unspecified atom stereocenters. The molecule has 1 N–H and O–H groups in total. The minimum absolute atomic E-state index is 0.468. The molecule has 0 aromatic rings. The maximum absolute atomic E-state index is 3.99. The van der Waals surface area contributed by atoms with Crippen molar-refractivity contribution < 1.29 is 0 Å². The maximum atomic E-state index is 3.99. The van der Waals surface area contributed by atoms with E-state index in [1.54, 1.807) is 0 Å². The lowest BCUT2D eigenvalue weighted by molar-refractivity contribution is 0.00307. The number of hydrogen-bond donors (Lipinski definition) is 1. The monoisotopic (exact) mass is 292 g/mol. The highest BCUT2D eigenvalue weighted by Gasteiger charge is 2.42. The summed E-state index contributed by atoms with van der Waals surface area (Å²) in [4.78, 5) is 2.97. The first-order valence-electron chi connectivity index (χ1n) is 9.75. The van der Waals surface area contributed by atoms with Gasteiger partial charge < -0.3 is 5.32 Å². The molecule has 0 aromatic heterocycles. The predicted molar refractivity (Wildman–Crippen MR) is 90.6 cm³/mol. The topological polar surface area (TPSA) is 15.3 Å². The summed E-state index contributed by atoms with van der Waals surface area (Å²) in [6.45, 7) is 7.48. The first-order chi connectivity index (χ1) is 10.2. The number of nitrogens with one attached hydrogen (secondary N) is 1. The minimum Gasteiger partial charge on any atom is -0.308 e. The van der Waals surface area contributed by atoms with Crippen LogP contribution in [0.15, 0.2) is 0 Å². The molecule has 2 saturated carbocycles. The molecule has 3 atom stereocenters. The van der Waals surface area contributed by atoms with E-state index >= 15 is 0 Å². The highest BCUT2D eigenvalue weighted by molar-refractivity contribution is 5.01. The predicted octanol–water partition coefficient (Wildman–Crippen LogP) is 4.34. The smallest absolute Gasteiger partial charge is 0.0309 e. The van der Waals surface area contributed by atoms with Gasteiger partial charge in [-0.15, -0.1) is 0 Å². The lowest BCUT2D eigenvalue weighted by atomic mass is 9.78. The van der Waals surface area contributed by atoms with Crippen LogP contribution in [0.1, 0.15) is 84.5 Å². The van der Waals surface area contributed by atoms with Crippen molar-refractivity contribution >= 4 is 0 Å². The Kier molecular flexibility index (Phi) is 5.27. The fraction of sp³-hybridized carbons (Fsp3) is 1.00. The van der Waals surface area contributed by atoms with Crippen LogP contribution in [0, 0.1) is 5.92 Å². The Balaban J connectivity index is 1.75. The van der Waals surface area contributed by atoms with Crippen LogP contribution in [0.4, 0.5) is 0 Å². The molecule has 1 saturated heterocycles. The summed E-state index contributed by atoms with van der Waals surface area (Å²) in [5, 5.41) is 3.99. The lowest BCUT2D eigenvalue weighted by Crippen LogP contribution is -2.67. The van der Waals surface area contributed by atoms with Gasteiger partial charge in [0, 0.05) is 30.7 Å². The van der Waals surface area contributed by atoms with Crippen molar-refractivity contribution in [3.8, 4) is 0 Å². The molecule has 2 aliphatic carbocycles. The largest absolute Gasteiger partial charge is 0.308 e. The van der Waals surface area contributed by atoms with Gasteiger partial charge in [-0.25, -0.2) is 0 Å². The Hall–Kier alpha value is -0.0800. The van der Waals surface area contributed by atoms with Crippen molar-refractivity contribution in [3.05, 3.63) is 0 Å². The molecule has 21 heavy (non-hydrogen) atoms. The van der Waals surface area contributed by atoms with Gasteiger partial charge in [0.1, 0.15) is 0 Å². The fourth-order valence-electron chi connectivity index (χ4n) is 5.28. The normalized spacial score (nSPS) is 38.3. The fourth-order valence-corrected chi connectivity index (χ4v) is 5.28. The molecule has 3 rings (SSSR count). The summed E-state index contributed by atoms with van der Waals surface area (Å²) >= 11 is 0. The Morgan fingerprint density at radius 1 is 1.00 bits per heavy atom. The summed E-state index contributed by atoms with van der Waals surface area (Å²) < 4.78 is 0. The Morgan fingerprint density at radius 3 is 2.48 bits per heavy atom. The molecule has 3 aliphatic rings. The summed E-state index contributed by atoms with van der Waals surface area (Å²) in [6.07, 6.45) is 15.8. The zero-order valence-corrected chi connectivity index (χ0v) is 14.4. The van der Waals surface area contributed by atoms with E-state index < -0.39 is 0 Å². The van der Waals surface area contributed by atoms with Gasteiger partial charge in [0.25, 0.3) is 0 Å². The third kappa shape index (κ3) is 3.47. The van der Waals surface area contributed by atoms with Crippen molar-refractivity contribution in [2.45, 2.75) is 102 Å². The Morgan fingerprint density at radius 2 is 1.71 bits per heavy atom. The van der Waals surface area contributed by atoms with E-state index in [0.29, 0.717) is 5.54 Å². The number of hydrogen-bond acceptors (Lipinski definition) is 2. The molecule has 3 fully saturated rings. The number of rotatable bonds is 2. The molecule has 0 bridgehead atoms. The van der Waals surface area contributed by atoms with Crippen LogP contribution in [0.25, 0.3) is 0 Å². The quantitative estimate of drug-likeness (QED) is 0.762. The van der Waals surface area contributed by atoms with Gasteiger partial charge in [0.05, 0.1) is 0 Å². The molecule has 0 aromatic carbocycles. The number of piperazine rings is 1. The maximum Gasteiger partial charge on any atom is 0.0309 e. The van der Waals surface area contributed by atoms with Crippen molar-refractivity contribution in [3.63, 3.8) is 0 Å². The molecule has 1 aliphatic heterocycles. The van der Waals surface area contributed by atoms with Gasteiger partial charge in [0.2, 0.25) is 0 Å². The summed E-state index contributed by atoms with van der Waals surface area (Å²) in [5.41, 5.74) is 0.468. The molecular weight excluding hydrogens is 256 g/mol. The first kappa shape index (κ1) is 15.8. The lowest BCUT2D eigenvalue weighted by Gasteiger charge is -2.53. The molecule has 0 amide bonds. The van der Waals surface area contributed by atoms with E-state index in [9.17, 15) is 0 Å². The van der Waals surface area contributed by atoms with E-state index in [1.807, 2.05) is 0 Å². The van der Waals surface area contributed by atoms with Gasteiger partial charge in [-0.2, -0.15) is 0 Å². The number of nitrogens with zero attached hydrogens (tertiary/aromatic N) is 1. The minimum atomic E-state index is 0.468.